The Kier molecular flexibility index (Phi) is 2.86. The number of ether oxygens (including phenoxy) is 1. The Morgan fingerprint density at radius 3 is 3.13 bits per heavy atom. The van der Waals surface area contributed by atoms with Gasteiger partial charge in [-0.15, -0.1) is 0 Å². The van der Waals surface area contributed by atoms with Gasteiger partial charge in [0.05, 0.1) is 12.6 Å². The van der Waals surface area contributed by atoms with Crippen LogP contribution in [0, 0.1) is 5.95 Å². The Bertz CT molecular complexity index is 410. The van der Waals surface area contributed by atoms with Crippen molar-refractivity contribution in [2.75, 3.05) is 6.61 Å². The lowest BCUT2D eigenvalue weighted by Gasteiger charge is -2.19. The summed E-state index contributed by atoms with van der Waals surface area (Å²) >= 11 is 3.24. The summed E-state index contributed by atoms with van der Waals surface area (Å²) in [5.74, 6) is -0.512. The summed E-state index contributed by atoms with van der Waals surface area (Å²) < 4.78 is 19.1. The minimum Gasteiger partial charge on any atom is -0.465 e. The van der Waals surface area contributed by atoms with Crippen molar-refractivity contribution in [3.05, 3.63) is 28.2 Å². The SMILES string of the molecule is NC1=NC(c2cc(Br)cnc2F)CCO1. The van der Waals surface area contributed by atoms with E-state index in [1.165, 1.54) is 6.20 Å². The highest BCUT2D eigenvalue weighted by Gasteiger charge is 2.20. The first kappa shape index (κ1) is 10.4. The molecule has 2 heterocycles. The predicted octanol–water partition coefficient (Wildman–Crippen LogP) is 1.76. The van der Waals surface area contributed by atoms with Crippen LogP contribution in [0.25, 0.3) is 0 Å². The molecule has 0 radical (unpaired) electrons. The van der Waals surface area contributed by atoms with Gasteiger partial charge in [-0.2, -0.15) is 4.39 Å². The fourth-order valence-electron chi connectivity index (χ4n) is 1.43. The molecule has 6 heteroatoms. The fourth-order valence-corrected chi connectivity index (χ4v) is 1.78. The van der Waals surface area contributed by atoms with E-state index in [1.54, 1.807) is 6.07 Å². The summed E-state index contributed by atoms with van der Waals surface area (Å²) in [7, 11) is 0. The molecular formula is C9H9BrFN3O. The van der Waals surface area contributed by atoms with Crippen molar-refractivity contribution in [2.24, 2.45) is 10.7 Å². The zero-order valence-corrected chi connectivity index (χ0v) is 9.37. The molecule has 0 fully saturated rings. The van der Waals surface area contributed by atoms with E-state index in [4.69, 9.17) is 10.5 Å². The molecule has 2 N–H and O–H groups in total. The number of hydrogen-bond acceptors (Lipinski definition) is 4. The van der Waals surface area contributed by atoms with E-state index in [-0.39, 0.29) is 12.1 Å². The number of amidine groups is 1. The van der Waals surface area contributed by atoms with Crippen LogP contribution < -0.4 is 5.73 Å². The molecule has 0 aromatic carbocycles. The molecular weight excluding hydrogens is 265 g/mol. The van der Waals surface area contributed by atoms with E-state index in [0.29, 0.717) is 18.6 Å². The van der Waals surface area contributed by atoms with Gasteiger partial charge in [0.25, 0.3) is 6.02 Å². The van der Waals surface area contributed by atoms with Crippen molar-refractivity contribution in [3.63, 3.8) is 0 Å². The lowest BCUT2D eigenvalue weighted by atomic mass is 10.1. The van der Waals surface area contributed by atoms with Crippen LogP contribution in [0.5, 0.6) is 0 Å². The first-order chi connectivity index (χ1) is 7.16. The highest BCUT2D eigenvalue weighted by Crippen LogP contribution is 2.27. The number of aromatic nitrogens is 1. The van der Waals surface area contributed by atoms with Crippen molar-refractivity contribution in [3.8, 4) is 0 Å². The average molecular weight is 274 g/mol. The molecule has 1 atom stereocenters. The number of hydrogen-bond donors (Lipinski definition) is 1. The molecule has 1 aliphatic rings. The number of aliphatic imine (C=N–C) groups is 1. The Morgan fingerprint density at radius 2 is 2.40 bits per heavy atom. The number of pyridine rings is 1. The first-order valence-electron chi connectivity index (χ1n) is 4.44. The maximum atomic E-state index is 13.4. The first-order valence-corrected chi connectivity index (χ1v) is 5.23. The van der Waals surface area contributed by atoms with Crippen molar-refractivity contribution in [1.29, 1.82) is 0 Å². The molecule has 0 amide bonds. The summed E-state index contributed by atoms with van der Waals surface area (Å²) in [4.78, 5) is 7.64. The molecule has 1 aliphatic heterocycles. The topological polar surface area (TPSA) is 60.5 Å². The molecule has 4 nitrogen and oxygen atoms in total. The molecule has 0 saturated carbocycles. The lowest BCUT2D eigenvalue weighted by molar-refractivity contribution is 0.254. The van der Waals surface area contributed by atoms with Gasteiger partial charge in [0.15, 0.2) is 0 Å². The summed E-state index contributed by atoms with van der Waals surface area (Å²) in [6, 6.07) is 1.46. The number of rotatable bonds is 1. The van der Waals surface area contributed by atoms with Crippen LogP contribution >= 0.6 is 15.9 Å². The van der Waals surface area contributed by atoms with Gasteiger partial charge in [-0.3, -0.25) is 0 Å². The third kappa shape index (κ3) is 2.26. The smallest absolute Gasteiger partial charge is 0.282 e. The summed E-state index contributed by atoms with van der Waals surface area (Å²) in [5, 5.41) is 0. The predicted molar refractivity (Wildman–Crippen MR) is 56.8 cm³/mol. The van der Waals surface area contributed by atoms with Crippen LogP contribution in [-0.2, 0) is 4.74 Å². The number of halogens is 2. The fraction of sp³-hybridized carbons (Fsp3) is 0.333. The van der Waals surface area contributed by atoms with E-state index < -0.39 is 5.95 Å². The second-order valence-corrected chi connectivity index (χ2v) is 4.07. The van der Waals surface area contributed by atoms with E-state index >= 15 is 0 Å². The maximum absolute atomic E-state index is 13.4. The van der Waals surface area contributed by atoms with Gasteiger partial charge in [-0.25, -0.2) is 9.98 Å². The van der Waals surface area contributed by atoms with Crippen LogP contribution in [0.1, 0.15) is 18.0 Å². The normalized spacial score (nSPS) is 20.7. The van der Waals surface area contributed by atoms with Crippen LogP contribution in [-0.4, -0.2) is 17.6 Å². The van der Waals surface area contributed by atoms with E-state index in [2.05, 4.69) is 25.9 Å². The van der Waals surface area contributed by atoms with Crippen LogP contribution in [0.2, 0.25) is 0 Å². The van der Waals surface area contributed by atoms with Crippen molar-refractivity contribution >= 4 is 22.0 Å². The van der Waals surface area contributed by atoms with Crippen LogP contribution in [0.4, 0.5) is 4.39 Å². The molecule has 1 aromatic rings. The molecule has 0 spiro atoms. The third-order valence-electron chi connectivity index (χ3n) is 2.12. The highest BCUT2D eigenvalue weighted by atomic mass is 79.9. The molecule has 1 unspecified atom stereocenters. The second kappa shape index (κ2) is 4.14. The Labute approximate surface area is 94.5 Å². The highest BCUT2D eigenvalue weighted by molar-refractivity contribution is 9.10. The third-order valence-corrected chi connectivity index (χ3v) is 2.55. The quantitative estimate of drug-likeness (QED) is 0.794. The Balaban J connectivity index is 2.36. The van der Waals surface area contributed by atoms with Crippen molar-refractivity contribution < 1.29 is 9.13 Å². The standard InChI is InChI=1S/C9H9BrFN3O/c10-5-3-6(8(11)13-4-5)7-1-2-15-9(12)14-7/h3-4,7H,1-2H2,(H2,12,14). The Morgan fingerprint density at radius 1 is 1.60 bits per heavy atom. The number of nitrogens with zero attached hydrogens (tertiary/aromatic N) is 2. The maximum Gasteiger partial charge on any atom is 0.282 e. The van der Waals surface area contributed by atoms with E-state index in [0.717, 1.165) is 4.47 Å². The van der Waals surface area contributed by atoms with Crippen LogP contribution in [0.15, 0.2) is 21.7 Å². The molecule has 0 aliphatic carbocycles. The second-order valence-electron chi connectivity index (χ2n) is 3.15. The van der Waals surface area contributed by atoms with Crippen molar-refractivity contribution in [1.82, 2.24) is 4.98 Å². The van der Waals surface area contributed by atoms with Crippen LogP contribution in [0.3, 0.4) is 0 Å². The van der Waals surface area contributed by atoms with Gasteiger partial charge in [0.1, 0.15) is 0 Å². The largest absolute Gasteiger partial charge is 0.465 e. The summed E-state index contributed by atoms with van der Waals surface area (Å²) in [6.45, 7) is 0.450. The van der Waals surface area contributed by atoms with E-state index in [1.807, 2.05) is 0 Å². The molecule has 80 valence electrons. The van der Waals surface area contributed by atoms with Gasteiger partial charge in [0, 0.05) is 22.7 Å². The zero-order valence-electron chi connectivity index (χ0n) is 7.78. The van der Waals surface area contributed by atoms with Gasteiger partial charge in [0.2, 0.25) is 5.95 Å². The lowest BCUT2D eigenvalue weighted by Crippen LogP contribution is -2.24. The zero-order chi connectivity index (χ0) is 10.8. The van der Waals surface area contributed by atoms with Gasteiger partial charge in [-0.05, 0) is 22.0 Å². The van der Waals surface area contributed by atoms with Crippen molar-refractivity contribution in [2.45, 2.75) is 12.5 Å². The molecule has 0 bridgehead atoms. The minimum absolute atomic E-state index is 0.102. The van der Waals surface area contributed by atoms with Gasteiger partial charge in [-0.1, -0.05) is 0 Å². The van der Waals surface area contributed by atoms with Gasteiger partial charge < -0.3 is 10.5 Å². The Hall–Kier alpha value is -1.17. The van der Waals surface area contributed by atoms with E-state index in [9.17, 15) is 4.39 Å². The minimum atomic E-state index is -0.512. The number of nitrogens with two attached hydrogens (primary N) is 1. The average Bonchev–Trinajstić information content (AvgIpc) is 2.22. The molecule has 1 aromatic heterocycles. The molecule has 2 rings (SSSR count). The monoisotopic (exact) mass is 273 g/mol. The summed E-state index contributed by atoms with van der Waals surface area (Å²) in [6.07, 6.45) is 2.01. The van der Waals surface area contributed by atoms with Gasteiger partial charge >= 0.3 is 0 Å². The molecule has 0 saturated heterocycles. The molecule has 15 heavy (non-hydrogen) atoms. The summed E-state index contributed by atoms with van der Waals surface area (Å²) in [5.41, 5.74) is 5.86.